The van der Waals surface area contributed by atoms with Crippen LogP contribution >= 0.6 is 0 Å². The molecule has 0 aliphatic heterocycles. The molecule has 0 saturated carbocycles. The molecule has 29 heavy (non-hydrogen) atoms. The van der Waals surface area contributed by atoms with Gasteiger partial charge in [-0.3, -0.25) is 4.79 Å². The van der Waals surface area contributed by atoms with Crippen molar-refractivity contribution >= 4 is 10.9 Å². The van der Waals surface area contributed by atoms with Crippen LogP contribution < -0.4 is 19.8 Å². The Balaban J connectivity index is 2.06. The third-order valence-electron chi connectivity index (χ3n) is 5.05. The minimum atomic E-state index is -0.171. The molecule has 0 atom stereocenters. The van der Waals surface area contributed by atoms with E-state index in [1.807, 2.05) is 48.5 Å². The lowest BCUT2D eigenvalue weighted by molar-refractivity contribution is 0.279. The van der Waals surface area contributed by atoms with E-state index in [2.05, 4.69) is 6.92 Å². The highest BCUT2D eigenvalue weighted by atomic mass is 16.5. The Hall–Kier alpha value is -2.95. The molecule has 0 amide bonds. The fourth-order valence-electron chi connectivity index (χ4n) is 3.48. The third-order valence-corrected chi connectivity index (χ3v) is 5.05. The first-order valence-corrected chi connectivity index (χ1v) is 10.1. The molecule has 154 valence electrons. The average molecular weight is 395 g/mol. The van der Waals surface area contributed by atoms with Gasteiger partial charge in [-0.15, -0.1) is 0 Å². The molecule has 0 bridgehead atoms. The van der Waals surface area contributed by atoms with Gasteiger partial charge in [-0.2, -0.15) is 0 Å². The second-order valence-electron chi connectivity index (χ2n) is 7.04. The van der Waals surface area contributed by atoms with E-state index in [0.717, 1.165) is 42.1 Å². The maximum Gasteiger partial charge on any atom is 0.297 e. The van der Waals surface area contributed by atoms with Crippen molar-refractivity contribution in [1.29, 1.82) is 0 Å². The Morgan fingerprint density at radius 3 is 2.38 bits per heavy atom. The fraction of sp³-hybridized carbons (Fsp3) is 0.375. The van der Waals surface area contributed by atoms with Crippen LogP contribution in [0.2, 0.25) is 0 Å². The summed E-state index contributed by atoms with van der Waals surface area (Å²) in [5.41, 5.74) is 1.63. The molecule has 5 heteroatoms. The fourth-order valence-corrected chi connectivity index (χ4v) is 3.48. The van der Waals surface area contributed by atoms with Crippen LogP contribution in [0.1, 0.15) is 38.2 Å². The summed E-state index contributed by atoms with van der Waals surface area (Å²) < 4.78 is 18.8. The zero-order valence-corrected chi connectivity index (χ0v) is 17.4. The van der Waals surface area contributed by atoms with E-state index in [-0.39, 0.29) is 11.3 Å². The second kappa shape index (κ2) is 10.0. The molecule has 1 heterocycles. The van der Waals surface area contributed by atoms with Crippen molar-refractivity contribution in [2.24, 2.45) is 0 Å². The third kappa shape index (κ3) is 4.73. The van der Waals surface area contributed by atoms with Gasteiger partial charge < -0.3 is 18.8 Å². The Morgan fingerprint density at radius 1 is 0.897 bits per heavy atom. The summed E-state index contributed by atoms with van der Waals surface area (Å²) in [5.74, 6) is 1.43. The van der Waals surface area contributed by atoms with Gasteiger partial charge in [0.15, 0.2) is 5.75 Å². The Kier molecular flexibility index (Phi) is 7.17. The molecule has 3 aromatic rings. The van der Waals surface area contributed by atoms with E-state index in [4.69, 9.17) is 14.2 Å². The monoisotopic (exact) mass is 395 g/mol. The summed E-state index contributed by atoms with van der Waals surface area (Å²) in [6.45, 7) is 3.12. The Bertz CT molecular complexity index is 995. The summed E-state index contributed by atoms with van der Waals surface area (Å²) in [7, 11) is 3.19. The van der Waals surface area contributed by atoms with E-state index in [1.165, 1.54) is 0 Å². The van der Waals surface area contributed by atoms with Crippen LogP contribution in [0.3, 0.4) is 0 Å². The number of ether oxygens (including phenoxy) is 3. The summed E-state index contributed by atoms with van der Waals surface area (Å²) in [4.78, 5) is 13.4. The van der Waals surface area contributed by atoms with E-state index in [9.17, 15) is 4.79 Å². The lowest BCUT2D eigenvalue weighted by atomic mass is 10.1. The highest BCUT2D eigenvalue weighted by molar-refractivity contribution is 5.89. The maximum absolute atomic E-state index is 13.4. The van der Waals surface area contributed by atoms with Crippen molar-refractivity contribution in [3.05, 3.63) is 64.4 Å². The number of rotatable bonds is 10. The summed E-state index contributed by atoms with van der Waals surface area (Å²) in [6, 6.07) is 15.5. The van der Waals surface area contributed by atoms with Gasteiger partial charge >= 0.3 is 0 Å². The number of methoxy groups -OCH3 is 2. The number of hydrogen-bond donors (Lipinski definition) is 0. The number of hydrogen-bond acceptors (Lipinski definition) is 4. The number of pyridine rings is 1. The standard InChI is InChI=1S/C24H29NO4/c1-4-5-6-10-15-25-21-16-19(27-2)13-14-20(21)22(28-3)23(24(25)26)29-17-18-11-8-7-9-12-18/h7-9,11-14,16H,4-6,10,15,17H2,1-3H3. The molecule has 2 aromatic carbocycles. The van der Waals surface area contributed by atoms with Crippen molar-refractivity contribution in [3.8, 4) is 17.2 Å². The maximum atomic E-state index is 13.4. The van der Waals surface area contributed by atoms with Gasteiger partial charge in [-0.1, -0.05) is 56.5 Å². The zero-order chi connectivity index (χ0) is 20.6. The molecular formula is C24H29NO4. The predicted octanol–water partition coefficient (Wildman–Crippen LogP) is 5.18. The normalized spacial score (nSPS) is 10.9. The first kappa shape index (κ1) is 20.8. The van der Waals surface area contributed by atoms with Crippen molar-refractivity contribution in [3.63, 3.8) is 0 Å². The molecule has 0 N–H and O–H groups in total. The number of unbranched alkanes of at least 4 members (excludes halogenated alkanes) is 3. The minimum absolute atomic E-state index is 0.171. The molecule has 0 spiro atoms. The Morgan fingerprint density at radius 2 is 1.69 bits per heavy atom. The lowest BCUT2D eigenvalue weighted by Gasteiger charge is -2.18. The van der Waals surface area contributed by atoms with Crippen LogP contribution in [-0.4, -0.2) is 18.8 Å². The molecule has 0 fully saturated rings. The van der Waals surface area contributed by atoms with Gasteiger partial charge in [0.25, 0.3) is 5.56 Å². The van der Waals surface area contributed by atoms with E-state index in [1.54, 1.807) is 18.8 Å². The van der Waals surface area contributed by atoms with E-state index in [0.29, 0.717) is 24.7 Å². The highest BCUT2D eigenvalue weighted by Crippen LogP contribution is 2.35. The Labute approximate surface area is 171 Å². The van der Waals surface area contributed by atoms with Gasteiger partial charge in [-0.05, 0) is 24.1 Å². The molecule has 1 aromatic heterocycles. The highest BCUT2D eigenvalue weighted by Gasteiger charge is 2.19. The van der Waals surface area contributed by atoms with E-state index < -0.39 is 0 Å². The van der Waals surface area contributed by atoms with Crippen LogP contribution in [0.4, 0.5) is 0 Å². The molecule has 3 rings (SSSR count). The van der Waals surface area contributed by atoms with Crippen LogP contribution in [0.5, 0.6) is 17.2 Å². The smallest absolute Gasteiger partial charge is 0.297 e. The first-order chi connectivity index (χ1) is 14.2. The van der Waals surface area contributed by atoms with Gasteiger partial charge in [0.05, 0.1) is 19.7 Å². The number of benzene rings is 2. The molecule has 0 radical (unpaired) electrons. The lowest BCUT2D eigenvalue weighted by Crippen LogP contribution is -2.23. The van der Waals surface area contributed by atoms with Gasteiger partial charge in [0, 0.05) is 18.0 Å². The SMILES string of the molecule is CCCCCCn1c(=O)c(OCc2ccccc2)c(OC)c2ccc(OC)cc21. The predicted molar refractivity (Wildman–Crippen MR) is 116 cm³/mol. The van der Waals surface area contributed by atoms with Crippen molar-refractivity contribution in [2.45, 2.75) is 45.8 Å². The topological polar surface area (TPSA) is 49.7 Å². The summed E-state index contributed by atoms with van der Waals surface area (Å²) >= 11 is 0. The van der Waals surface area contributed by atoms with Crippen molar-refractivity contribution < 1.29 is 14.2 Å². The summed E-state index contributed by atoms with van der Waals surface area (Å²) in [6.07, 6.45) is 4.33. The number of fused-ring (bicyclic) bond motifs is 1. The van der Waals surface area contributed by atoms with Crippen molar-refractivity contribution in [2.75, 3.05) is 14.2 Å². The number of aryl methyl sites for hydroxylation is 1. The van der Waals surface area contributed by atoms with Gasteiger partial charge in [0.2, 0.25) is 5.75 Å². The molecular weight excluding hydrogens is 366 g/mol. The molecule has 0 saturated heterocycles. The minimum Gasteiger partial charge on any atom is -0.497 e. The number of aromatic nitrogens is 1. The zero-order valence-electron chi connectivity index (χ0n) is 17.4. The largest absolute Gasteiger partial charge is 0.497 e. The van der Waals surface area contributed by atoms with Crippen LogP contribution in [0.15, 0.2) is 53.3 Å². The molecule has 5 nitrogen and oxygen atoms in total. The quantitative estimate of drug-likeness (QED) is 0.444. The van der Waals surface area contributed by atoms with Crippen LogP contribution in [0, 0.1) is 0 Å². The first-order valence-electron chi connectivity index (χ1n) is 10.1. The van der Waals surface area contributed by atoms with Crippen molar-refractivity contribution in [1.82, 2.24) is 4.57 Å². The second-order valence-corrected chi connectivity index (χ2v) is 7.04. The molecule has 0 aliphatic carbocycles. The average Bonchev–Trinajstić information content (AvgIpc) is 2.76. The van der Waals surface area contributed by atoms with Gasteiger partial charge in [-0.25, -0.2) is 0 Å². The number of nitrogens with zero attached hydrogens (tertiary/aromatic N) is 1. The van der Waals surface area contributed by atoms with Crippen LogP contribution in [-0.2, 0) is 13.2 Å². The molecule has 0 unspecified atom stereocenters. The van der Waals surface area contributed by atoms with Gasteiger partial charge in [0.1, 0.15) is 12.4 Å². The summed E-state index contributed by atoms with van der Waals surface area (Å²) in [5, 5.41) is 0.839. The van der Waals surface area contributed by atoms with E-state index >= 15 is 0 Å². The van der Waals surface area contributed by atoms with Crippen LogP contribution in [0.25, 0.3) is 10.9 Å². The molecule has 0 aliphatic rings.